The minimum absolute atomic E-state index is 0.245. The van der Waals surface area contributed by atoms with E-state index in [0.717, 1.165) is 20.0 Å². The summed E-state index contributed by atoms with van der Waals surface area (Å²) in [5, 5.41) is 0. The predicted molar refractivity (Wildman–Crippen MR) is 86.0 cm³/mol. The second-order valence-electron chi connectivity index (χ2n) is 4.23. The molecule has 3 rings (SSSR count). The molecule has 0 aliphatic heterocycles. The molecule has 1 aromatic heterocycles. The predicted octanol–water partition coefficient (Wildman–Crippen LogP) is 5.43. The zero-order valence-electron chi connectivity index (χ0n) is 10.1. The molecule has 2 nitrogen and oxygen atoms in total. The topological polar surface area (TPSA) is 17.8 Å². The Morgan fingerprint density at radius 1 is 1.15 bits per heavy atom. The molecule has 0 atom stereocenters. The van der Waals surface area contributed by atoms with Gasteiger partial charge in [0.25, 0.3) is 0 Å². The van der Waals surface area contributed by atoms with E-state index >= 15 is 0 Å². The summed E-state index contributed by atoms with van der Waals surface area (Å²) in [4.78, 5) is 4.49. The molecule has 0 N–H and O–H groups in total. The van der Waals surface area contributed by atoms with Crippen molar-refractivity contribution >= 4 is 54.5 Å². The summed E-state index contributed by atoms with van der Waals surface area (Å²) in [6, 6.07) is 10.3. The minimum atomic E-state index is -0.305. The van der Waals surface area contributed by atoms with Crippen molar-refractivity contribution in [1.82, 2.24) is 9.55 Å². The lowest BCUT2D eigenvalue weighted by molar-refractivity contribution is 0.626. The van der Waals surface area contributed by atoms with Gasteiger partial charge < -0.3 is 0 Å². The molecule has 20 heavy (non-hydrogen) atoms. The van der Waals surface area contributed by atoms with Crippen LogP contribution in [0.1, 0.15) is 5.82 Å². The lowest BCUT2D eigenvalue weighted by Crippen LogP contribution is -2.01. The number of imidazole rings is 1. The SMILES string of the molecule is Fc1ccc(Br)c(-n2c(CCl)nc3ccc(Br)cc32)c1. The summed E-state index contributed by atoms with van der Waals surface area (Å²) in [7, 11) is 0. The van der Waals surface area contributed by atoms with Crippen molar-refractivity contribution in [1.29, 1.82) is 0 Å². The van der Waals surface area contributed by atoms with Gasteiger partial charge in [-0.15, -0.1) is 11.6 Å². The van der Waals surface area contributed by atoms with E-state index in [-0.39, 0.29) is 11.7 Å². The molecule has 0 saturated heterocycles. The Morgan fingerprint density at radius 2 is 1.95 bits per heavy atom. The maximum Gasteiger partial charge on any atom is 0.129 e. The maximum absolute atomic E-state index is 13.6. The number of alkyl halides is 1. The van der Waals surface area contributed by atoms with Crippen LogP contribution in [0.3, 0.4) is 0 Å². The van der Waals surface area contributed by atoms with Crippen molar-refractivity contribution < 1.29 is 4.39 Å². The molecule has 0 aliphatic rings. The van der Waals surface area contributed by atoms with Crippen LogP contribution in [-0.4, -0.2) is 9.55 Å². The number of rotatable bonds is 2. The molecule has 3 aromatic rings. The Kier molecular flexibility index (Phi) is 3.84. The van der Waals surface area contributed by atoms with Crippen molar-refractivity contribution in [2.75, 3.05) is 0 Å². The van der Waals surface area contributed by atoms with E-state index in [4.69, 9.17) is 11.6 Å². The van der Waals surface area contributed by atoms with Crippen LogP contribution in [0.5, 0.6) is 0 Å². The fraction of sp³-hybridized carbons (Fsp3) is 0.0714. The molecule has 102 valence electrons. The Hall–Kier alpha value is -0.910. The molecule has 0 aliphatic carbocycles. The van der Waals surface area contributed by atoms with Gasteiger partial charge >= 0.3 is 0 Å². The van der Waals surface area contributed by atoms with Crippen LogP contribution >= 0.6 is 43.5 Å². The number of hydrogen-bond donors (Lipinski definition) is 0. The first kappa shape index (κ1) is 14.0. The molecular formula is C14H8Br2ClFN2. The first-order valence-electron chi connectivity index (χ1n) is 5.78. The standard InChI is InChI=1S/C14H8Br2ClFN2/c15-8-1-4-11-13(5-8)20(14(7-17)19-11)12-6-9(18)2-3-10(12)16/h1-6H,7H2. The highest BCUT2D eigenvalue weighted by Crippen LogP contribution is 2.30. The zero-order valence-corrected chi connectivity index (χ0v) is 14.0. The van der Waals surface area contributed by atoms with Crippen molar-refractivity contribution in [2.24, 2.45) is 0 Å². The van der Waals surface area contributed by atoms with Gasteiger partial charge in [-0.25, -0.2) is 9.37 Å². The highest BCUT2D eigenvalue weighted by Gasteiger charge is 2.14. The van der Waals surface area contributed by atoms with Crippen LogP contribution in [0.2, 0.25) is 0 Å². The summed E-state index contributed by atoms with van der Waals surface area (Å²) in [6.45, 7) is 0. The summed E-state index contributed by atoms with van der Waals surface area (Å²) >= 11 is 12.9. The third-order valence-electron chi connectivity index (χ3n) is 2.95. The molecular weight excluding hydrogens is 410 g/mol. The Bertz CT molecular complexity index is 801. The van der Waals surface area contributed by atoms with Crippen LogP contribution < -0.4 is 0 Å². The van der Waals surface area contributed by atoms with Crippen molar-refractivity contribution in [3.05, 3.63) is 57.0 Å². The summed E-state index contributed by atoms with van der Waals surface area (Å²) < 4.78 is 17.1. The molecule has 0 saturated carbocycles. The molecule has 0 spiro atoms. The number of benzene rings is 2. The lowest BCUT2D eigenvalue weighted by atomic mass is 10.2. The smallest absolute Gasteiger partial charge is 0.129 e. The largest absolute Gasteiger partial charge is 0.294 e. The summed E-state index contributed by atoms with van der Waals surface area (Å²) in [5.74, 6) is 0.613. The van der Waals surface area contributed by atoms with Gasteiger partial charge in [0.05, 0.1) is 22.6 Å². The molecule has 1 heterocycles. The number of hydrogen-bond acceptors (Lipinski definition) is 1. The van der Waals surface area contributed by atoms with E-state index in [1.807, 2.05) is 22.8 Å². The number of fused-ring (bicyclic) bond motifs is 1. The quantitative estimate of drug-likeness (QED) is 0.508. The van der Waals surface area contributed by atoms with Crippen LogP contribution in [0, 0.1) is 5.82 Å². The molecule has 6 heteroatoms. The van der Waals surface area contributed by atoms with E-state index in [0.29, 0.717) is 11.5 Å². The van der Waals surface area contributed by atoms with Crippen molar-refractivity contribution in [3.8, 4) is 5.69 Å². The van der Waals surface area contributed by atoms with Crippen LogP contribution in [0.15, 0.2) is 45.3 Å². The van der Waals surface area contributed by atoms with Crippen molar-refractivity contribution in [2.45, 2.75) is 5.88 Å². The van der Waals surface area contributed by atoms with Gasteiger partial charge in [0, 0.05) is 8.95 Å². The van der Waals surface area contributed by atoms with Crippen molar-refractivity contribution in [3.63, 3.8) is 0 Å². The maximum atomic E-state index is 13.6. The first-order valence-corrected chi connectivity index (χ1v) is 7.90. The molecule has 0 fully saturated rings. The van der Waals surface area contributed by atoms with Gasteiger partial charge in [-0.1, -0.05) is 15.9 Å². The molecule has 2 aromatic carbocycles. The summed E-state index contributed by atoms with van der Waals surface area (Å²) in [6.07, 6.45) is 0. The Balaban J connectivity index is 2.39. The third-order valence-corrected chi connectivity index (χ3v) is 4.36. The Morgan fingerprint density at radius 3 is 2.70 bits per heavy atom. The van der Waals surface area contributed by atoms with Gasteiger partial charge in [-0.2, -0.15) is 0 Å². The highest BCUT2D eigenvalue weighted by atomic mass is 79.9. The second-order valence-corrected chi connectivity index (χ2v) is 6.26. The van der Waals surface area contributed by atoms with Gasteiger partial charge in [0.1, 0.15) is 11.6 Å². The van der Waals surface area contributed by atoms with Gasteiger partial charge in [0.2, 0.25) is 0 Å². The van der Waals surface area contributed by atoms with Gasteiger partial charge in [-0.05, 0) is 52.3 Å². The number of aromatic nitrogens is 2. The van der Waals surface area contributed by atoms with Crippen LogP contribution in [-0.2, 0) is 5.88 Å². The summed E-state index contributed by atoms with van der Waals surface area (Å²) in [5.41, 5.74) is 2.38. The van der Waals surface area contributed by atoms with Crippen LogP contribution in [0.25, 0.3) is 16.7 Å². The van der Waals surface area contributed by atoms with Gasteiger partial charge in [0.15, 0.2) is 0 Å². The third kappa shape index (κ3) is 2.38. The van der Waals surface area contributed by atoms with Crippen LogP contribution in [0.4, 0.5) is 4.39 Å². The van der Waals surface area contributed by atoms with E-state index in [2.05, 4.69) is 36.8 Å². The average Bonchev–Trinajstić information content (AvgIpc) is 2.79. The highest BCUT2D eigenvalue weighted by molar-refractivity contribution is 9.10. The number of halogens is 4. The lowest BCUT2D eigenvalue weighted by Gasteiger charge is -2.10. The van der Waals surface area contributed by atoms with E-state index < -0.39 is 0 Å². The Labute approximate surface area is 136 Å². The molecule has 0 amide bonds. The number of nitrogens with zero attached hydrogens (tertiary/aromatic N) is 2. The second kappa shape index (κ2) is 5.47. The molecule has 0 unspecified atom stereocenters. The minimum Gasteiger partial charge on any atom is -0.294 e. The molecule has 0 radical (unpaired) electrons. The van der Waals surface area contributed by atoms with E-state index in [9.17, 15) is 4.39 Å². The first-order chi connectivity index (χ1) is 9.60. The fourth-order valence-electron chi connectivity index (χ4n) is 2.11. The average molecular weight is 418 g/mol. The van der Waals surface area contributed by atoms with E-state index in [1.54, 1.807) is 6.07 Å². The fourth-order valence-corrected chi connectivity index (χ4v) is 3.07. The molecule has 0 bridgehead atoms. The monoisotopic (exact) mass is 416 g/mol. The van der Waals surface area contributed by atoms with E-state index in [1.165, 1.54) is 12.1 Å². The normalized spacial score (nSPS) is 11.2. The zero-order chi connectivity index (χ0) is 14.3. The van der Waals surface area contributed by atoms with Gasteiger partial charge in [-0.3, -0.25) is 4.57 Å².